The molecule has 0 saturated heterocycles. The molecule has 120 valence electrons. The molecule has 0 aliphatic heterocycles. The second kappa shape index (κ2) is 4.74. The van der Waals surface area contributed by atoms with E-state index in [1.807, 2.05) is 20.8 Å². The third-order valence-electron chi connectivity index (χ3n) is 4.57. The molecule has 0 radical (unpaired) electrons. The zero-order valence-corrected chi connectivity index (χ0v) is 14.3. The molecular weight excluding hydrogens is 276 g/mol. The standard InChI is InChI=1S/C19H26O3/c1-13-6-7-14(18(5)8-9-18)15(12-13)21-19(10-11-19)16(20)22-17(2,3)4/h6-7,12H,8-11H2,1-5H3. The summed E-state index contributed by atoms with van der Waals surface area (Å²) < 4.78 is 11.8. The first-order chi connectivity index (χ1) is 10.1. The van der Waals surface area contributed by atoms with Crippen molar-refractivity contribution in [2.75, 3.05) is 0 Å². The summed E-state index contributed by atoms with van der Waals surface area (Å²) in [5, 5.41) is 0. The van der Waals surface area contributed by atoms with E-state index in [0.29, 0.717) is 0 Å². The first kappa shape index (κ1) is 15.4. The topological polar surface area (TPSA) is 35.5 Å². The van der Waals surface area contributed by atoms with Gasteiger partial charge in [0.2, 0.25) is 5.60 Å². The summed E-state index contributed by atoms with van der Waals surface area (Å²) in [5.74, 6) is 0.636. The molecule has 3 heteroatoms. The molecule has 2 aliphatic rings. The van der Waals surface area contributed by atoms with E-state index in [4.69, 9.17) is 9.47 Å². The number of carbonyl (C=O) groups is 1. The Kier molecular flexibility index (Phi) is 3.32. The van der Waals surface area contributed by atoms with E-state index in [-0.39, 0.29) is 11.4 Å². The minimum atomic E-state index is -0.763. The number of benzene rings is 1. The molecule has 0 amide bonds. The lowest BCUT2D eigenvalue weighted by Crippen LogP contribution is -2.37. The summed E-state index contributed by atoms with van der Waals surface area (Å²) in [6.07, 6.45) is 3.86. The van der Waals surface area contributed by atoms with Crippen LogP contribution in [0, 0.1) is 6.92 Å². The van der Waals surface area contributed by atoms with E-state index in [0.717, 1.165) is 24.2 Å². The predicted molar refractivity (Wildman–Crippen MR) is 86.2 cm³/mol. The molecule has 22 heavy (non-hydrogen) atoms. The summed E-state index contributed by atoms with van der Waals surface area (Å²) in [7, 11) is 0. The highest BCUT2D eigenvalue weighted by Gasteiger charge is 2.56. The van der Waals surface area contributed by atoms with Crippen LogP contribution in [0.5, 0.6) is 5.75 Å². The van der Waals surface area contributed by atoms with Crippen LogP contribution in [0.2, 0.25) is 0 Å². The molecule has 0 spiro atoms. The normalized spacial score (nSPS) is 21.1. The number of esters is 1. The first-order valence-corrected chi connectivity index (χ1v) is 8.17. The Morgan fingerprint density at radius 2 is 1.77 bits per heavy atom. The van der Waals surface area contributed by atoms with Crippen molar-refractivity contribution in [1.29, 1.82) is 0 Å². The molecule has 0 N–H and O–H groups in total. The third kappa shape index (κ3) is 2.99. The van der Waals surface area contributed by atoms with Gasteiger partial charge in [-0.2, -0.15) is 0 Å². The number of aryl methyl sites for hydroxylation is 1. The highest BCUT2D eigenvalue weighted by Crippen LogP contribution is 2.53. The largest absolute Gasteiger partial charge is 0.475 e. The Labute approximate surface area is 133 Å². The van der Waals surface area contributed by atoms with Crippen molar-refractivity contribution in [2.45, 2.75) is 76.9 Å². The SMILES string of the molecule is Cc1ccc(C2(C)CC2)c(OC2(C(=O)OC(C)(C)C)CC2)c1. The molecule has 0 atom stereocenters. The molecule has 1 aromatic carbocycles. The minimum Gasteiger partial charge on any atom is -0.475 e. The molecule has 2 fully saturated rings. The number of rotatable bonds is 4. The van der Waals surface area contributed by atoms with Gasteiger partial charge in [0.25, 0.3) is 0 Å². The molecular formula is C19H26O3. The van der Waals surface area contributed by atoms with Gasteiger partial charge in [0.1, 0.15) is 11.4 Å². The van der Waals surface area contributed by atoms with Crippen molar-refractivity contribution >= 4 is 5.97 Å². The molecule has 1 aromatic rings. The lowest BCUT2D eigenvalue weighted by Gasteiger charge is -2.26. The highest BCUT2D eigenvalue weighted by molar-refractivity contribution is 5.83. The molecule has 0 unspecified atom stereocenters. The van der Waals surface area contributed by atoms with Crippen LogP contribution in [0.4, 0.5) is 0 Å². The van der Waals surface area contributed by atoms with Crippen LogP contribution in [-0.2, 0) is 14.9 Å². The molecule has 2 saturated carbocycles. The van der Waals surface area contributed by atoms with Crippen molar-refractivity contribution in [3.8, 4) is 5.75 Å². The molecule has 0 aromatic heterocycles. The number of hydrogen-bond donors (Lipinski definition) is 0. The number of ether oxygens (including phenoxy) is 2. The van der Waals surface area contributed by atoms with E-state index in [2.05, 4.69) is 32.0 Å². The van der Waals surface area contributed by atoms with Crippen LogP contribution in [0.1, 0.15) is 64.5 Å². The molecule has 3 nitrogen and oxygen atoms in total. The summed E-state index contributed by atoms with van der Waals surface area (Å²) in [4.78, 5) is 12.5. The maximum absolute atomic E-state index is 12.5. The van der Waals surface area contributed by atoms with Gasteiger partial charge in [0.15, 0.2) is 0 Å². The van der Waals surface area contributed by atoms with Crippen molar-refractivity contribution in [1.82, 2.24) is 0 Å². The van der Waals surface area contributed by atoms with E-state index >= 15 is 0 Å². The van der Waals surface area contributed by atoms with Gasteiger partial charge in [-0.1, -0.05) is 19.1 Å². The Hall–Kier alpha value is -1.51. The predicted octanol–water partition coefficient (Wildman–Crippen LogP) is 4.30. The smallest absolute Gasteiger partial charge is 0.351 e. The van der Waals surface area contributed by atoms with E-state index < -0.39 is 11.2 Å². The van der Waals surface area contributed by atoms with Crippen LogP contribution in [0.25, 0.3) is 0 Å². The van der Waals surface area contributed by atoms with Gasteiger partial charge in [-0.3, -0.25) is 0 Å². The number of hydrogen-bond acceptors (Lipinski definition) is 3. The molecule has 3 rings (SSSR count). The van der Waals surface area contributed by atoms with Gasteiger partial charge < -0.3 is 9.47 Å². The van der Waals surface area contributed by atoms with Crippen LogP contribution >= 0.6 is 0 Å². The van der Waals surface area contributed by atoms with Crippen molar-refractivity contribution in [3.05, 3.63) is 29.3 Å². The second-order valence-corrected chi connectivity index (χ2v) is 8.16. The lowest BCUT2D eigenvalue weighted by molar-refractivity contribution is -0.165. The Morgan fingerprint density at radius 3 is 2.27 bits per heavy atom. The second-order valence-electron chi connectivity index (χ2n) is 8.16. The average Bonchev–Trinajstić information content (AvgIpc) is 3.27. The van der Waals surface area contributed by atoms with Gasteiger partial charge in [0, 0.05) is 18.4 Å². The molecule has 0 bridgehead atoms. The fourth-order valence-electron chi connectivity index (χ4n) is 2.71. The van der Waals surface area contributed by atoms with Crippen molar-refractivity contribution < 1.29 is 14.3 Å². The van der Waals surface area contributed by atoms with Gasteiger partial charge in [-0.05, 0) is 57.6 Å². The number of carbonyl (C=O) groups excluding carboxylic acids is 1. The summed E-state index contributed by atoms with van der Waals surface area (Å²) >= 11 is 0. The van der Waals surface area contributed by atoms with Gasteiger partial charge >= 0.3 is 5.97 Å². The zero-order valence-electron chi connectivity index (χ0n) is 14.3. The maximum Gasteiger partial charge on any atom is 0.351 e. The van der Waals surface area contributed by atoms with Crippen LogP contribution < -0.4 is 4.74 Å². The van der Waals surface area contributed by atoms with Crippen molar-refractivity contribution in [3.63, 3.8) is 0 Å². The fourth-order valence-corrected chi connectivity index (χ4v) is 2.71. The Balaban J connectivity index is 1.84. The summed E-state index contributed by atoms with van der Waals surface area (Å²) in [5.41, 5.74) is 1.36. The Bertz CT molecular complexity index is 602. The average molecular weight is 302 g/mol. The quantitative estimate of drug-likeness (QED) is 0.778. The van der Waals surface area contributed by atoms with E-state index in [1.165, 1.54) is 18.4 Å². The maximum atomic E-state index is 12.5. The van der Waals surface area contributed by atoms with Gasteiger partial charge in [-0.25, -0.2) is 4.79 Å². The first-order valence-electron chi connectivity index (χ1n) is 8.17. The molecule has 2 aliphatic carbocycles. The van der Waals surface area contributed by atoms with Gasteiger partial charge in [0.05, 0.1) is 0 Å². The van der Waals surface area contributed by atoms with E-state index in [9.17, 15) is 4.79 Å². The highest BCUT2D eigenvalue weighted by atomic mass is 16.6. The van der Waals surface area contributed by atoms with Crippen LogP contribution in [0.3, 0.4) is 0 Å². The lowest BCUT2D eigenvalue weighted by atomic mass is 9.96. The fraction of sp³-hybridized carbons (Fsp3) is 0.632. The third-order valence-corrected chi connectivity index (χ3v) is 4.57. The van der Waals surface area contributed by atoms with Crippen LogP contribution in [0.15, 0.2) is 18.2 Å². The summed E-state index contributed by atoms with van der Waals surface area (Å²) in [6.45, 7) is 10.00. The van der Waals surface area contributed by atoms with Crippen LogP contribution in [-0.4, -0.2) is 17.2 Å². The summed E-state index contributed by atoms with van der Waals surface area (Å²) in [6, 6.07) is 6.34. The minimum absolute atomic E-state index is 0.215. The Morgan fingerprint density at radius 1 is 1.14 bits per heavy atom. The zero-order chi connectivity index (χ0) is 16.2. The monoisotopic (exact) mass is 302 g/mol. The van der Waals surface area contributed by atoms with E-state index in [1.54, 1.807) is 0 Å². The molecule has 0 heterocycles. The van der Waals surface area contributed by atoms with Gasteiger partial charge in [-0.15, -0.1) is 0 Å². The van der Waals surface area contributed by atoms with Crippen molar-refractivity contribution in [2.24, 2.45) is 0 Å².